The van der Waals surface area contributed by atoms with Gasteiger partial charge in [0, 0.05) is 37.7 Å². The van der Waals surface area contributed by atoms with Gasteiger partial charge >= 0.3 is 0 Å². The standard InChI is InChI=1S/C17H27N3OS/c1-3-19(2)10-9-18-17(21)16(15-7-5-4-6-8-15)20-11-13-22-14-12-20/h4-8,16H,3,9-14H2,1-2H3,(H,18,21). The number of rotatable bonds is 7. The van der Waals surface area contributed by atoms with Crippen LogP contribution >= 0.6 is 11.8 Å². The van der Waals surface area contributed by atoms with E-state index in [1.165, 1.54) is 0 Å². The second-order valence-electron chi connectivity index (χ2n) is 5.65. The Kier molecular flexibility index (Phi) is 7.22. The van der Waals surface area contributed by atoms with E-state index in [9.17, 15) is 4.79 Å². The fourth-order valence-electron chi connectivity index (χ4n) is 2.62. The molecular weight excluding hydrogens is 294 g/mol. The summed E-state index contributed by atoms with van der Waals surface area (Å²) in [6.45, 7) is 6.68. The van der Waals surface area contributed by atoms with Crippen LogP contribution in [-0.2, 0) is 4.79 Å². The highest BCUT2D eigenvalue weighted by Gasteiger charge is 2.28. The lowest BCUT2D eigenvalue weighted by Gasteiger charge is -2.33. The third kappa shape index (κ3) is 5.00. The average molecular weight is 321 g/mol. The smallest absolute Gasteiger partial charge is 0.242 e. The Balaban J connectivity index is 2.02. The summed E-state index contributed by atoms with van der Waals surface area (Å²) in [5, 5.41) is 3.11. The van der Waals surface area contributed by atoms with Crippen LogP contribution in [0, 0.1) is 0 Å². The number of nitrogens with one attached hydrogen (secondary N) is 1. The zero-order chi connectivity index (χ0) is 15.8. The van der Waals surface area contributed by atoms with Gasteiger partial charge in [-0.05, 0) is 19.2 Å². The summed E-state index contributed by atoms with van der Waals surface area (Å²) in [7, 11) is 2.07. The number of benzene rings is 1. The average Bonchev–Trinajstić information content (AvgIpc) is 2.57. The summed E-state index contributed by atoms with van der Waals surface area (Å²) in [6.07, 6.45) is 0. The molecule has 0 aromatic heterocycles. The van der Waals surface area contributed by atoms with Gasteiger partial charge in [0.2, 0.25) is 5.91 Å². The van der Waals surface area contributed by atoms with Crippen LogP contribution in [0.2, 0.25) is 0 Å². The number of hydrogen-bond donors (Lipinski definition) is 1. The van der Waals surface area contributed by atoms with Crippen LogP contribution < -0.4 is 5.32 Å². The van der Waals surface area contributed by atoms with Crippen molar-refractivity contribution in [3.8, 4) is 0 Å². The molecule has 0 bridgehead atoms. The third-order valence-electron chi connectivity index (χ3n) is 4.11. The maximum absolute atomic E-state index is 12.7. The summed E-state index contributed by atoms with van der Waals surface area (Å²) in [6, 6.07) is 9.99. The Morgan fingerprint density at radius 2 is 2.00 bits per heavy atom. The first kappa shape index (κ1) is 17.3. The Morgan fingerprint density at radius 3 is 2.64 bits per heavy atom. The Hall–Kier alpha value is -1.04. The first-order chi connectivity index (χ1) is 10.7. The van der Waals surface area contributed by atoms with Crippen molar-refractivity contribution in [1.29, 1.82) is 0 Å². The van der Waals surface area contributed by atoms with Crippen LogP contribution in [0.5, 0.6) is 0 Å². The van der Waals surface area contributed by atoms with Gasteiger partial charge in [0.25, 0.3) is 0 Å². The van der Waals surface area contributed by atoms with Crippen molar-refractivity contribution in [3.63, 3.8) is 0 Å². The highest BCUT2D eigenvalue weighted by molar-refractivity contribution is 7.99. The minimum Gasteiger partial charge on any atom is -0.353 e. The molecule has 5 heteroatoms. The van der Waals surface area contributed by atoms with Gasteiger partial charge in [0.1, 0.15) is 6.04 Å². The Labute approximate surface area is 138 Å². The lowest BCUT2D eigenvalue weighted by molar-refractivity contribution is -0.126. The molecular formula is C17H27N3OS. The van der Waals surface area contributed by atoms with Crippen molar-refractivity contribution in [1.82, 2.24) is 15.1 Å². The lowest BCUT2D eigenvalue weighted by atomic mass is 10.0. The molecule has 4 nitrogen and oxygen atoms in total. The van der Waals surface area contributed by atoms with E-state index in [1.807, 2.05) is 30.0 Å². The predicted octanol–water partition coefficient (Wildman–Crippen LogP) is 1.84. The zero-order valence-electron chi connectivity index (χ0n) is 13.6. The number of carbonyl (C=O) groups excluding carboxylic acids is 1. The fourth-order valence-corrected chi connectivity index (χ4v) is 3.56. The molecule has 1 saturated heterocycles. The van der Waals surface area contributed by atoms with Gasteiger partial charge in [-0.3, -0.25) is 9.69 Å². The number of nitrogens with zero attached hydrogens (tertiary/aromatic N) is 2. The molecule has 1 aliphatic rings. The SMILES string of the molecule is CCN(C)CCNC(=O)C(c1ccccc1)N1CCSCC1. The molecule has 2 rings (SSSR count). The van der Waals surface area contributed by atoms with Gasteiger partial charge in [-0.15, -0.1) is 0 Å². The van der Waals surface area contributed by atoms with E-state index >= 15 is 0 Å². The molecule has 1 amide bonds. The maximum Gasteiger partial charge on any atom is 0.242 e. The van der Waals surface area contributed by atoms with Crippen molar-refractivity contribution in [2.75, 3.05) is 51.3 Å². The van der Waals surface area contributed by atoms with Gasteiger partial charge in [-0.1, -0.05) is 37.3 Å². The van der Waals surface area contributed by atoms with Crippen LogP contribution in [0.1, 0.15) is 18.5 Å². The monoisotopic (exact) mass is 321 g/mol. The molecule has 1 heterocycles. The van der Waals surface area contributed by atoms with Gasteiger partial charge in [0.15, 0.2) is 0 Å². The molecule has 0 saturated carbocycles. The number of amides is 1. The van der Waals surface area contributed by atoms with Crippen molar-refractivity contribution in [2.24, 2.45) is 0 Å². The fraction of sp³-hybridized carbons (Fsp3) is 0.588. The van der Waals surface area contributed by atoms with Crippen molar-refractivity contribution in [3.05, 3.63) is 35.9 Å². The lowest BCUT2D eigenvalue weighted by Crippen LogP contribution is -2.45. The van der Waals surface area contributed by atoms with Crippen LogP contribution in [0.4, 0.5) is 0 Å². The zero-order valence-corrected chi connectivity index (χ0v) is 14.4. The minimum atomic E-state index is -0.158. The van der Waals surface area contributed by atoms with Gasteiger partial charge in [0.05, 0.1) is 0 Å². The minimum absolute atomic E-state index is 0.127. The first-order valence-electron chi connectivity index (χ1n) is 8.05. The topological polar surface area (TPSA) is 35.6 Å². The maximum atomic E-state index is 12.7. The van der Waals surface area contributed by atoms with Crippen LogP contribution in [0.15, 0.2) is 30.3 Å². The molecule has 1 aromatic rings. The van der Waals surface area contributed by atoms with Gasteiger partial charge in [-0.2, -0.15) is 11.8 Å². The Morgan fingerprint density at radius 1 is 1.32 bits per heavy atom. The van der Waals surface area contributed by atoms with E-state index in [-0.39, 0.29) is 11.9 Å². The quantitative estimate of drug-likeness (QED) is 0.831. The van der Waals surface area contributed by atoms with Gasteiger partial charge < -0.3 is 10.2 Å². The normalized spacial score (nSPS) is 17.4. The van der Waals surface area contributed by atoms with Crippen molar-refractivity contribution in [2.45, 2.75) is 13.0 Å². The molecule has 1 aromatic carbocycles. The highest BCUT2D eigenvalue weighted by atomic mass is 32.2. The summed E-state index contributed by atoms with van der Waals surface area (Å²) < 4.78 is 0. The third-order valence-corrected chi connectivity index (χ3v) is 5.05. The second kappa shape index (κ2) is 9.18. The number of hydrogen-bond acceptors (Lipinski definition) is 4. The molecule has 0 aliphatic carbocycles. The predicted molar refractivity (Wildman–Crippen MR) is 94.3 cm³/mol. The van der Waals surface area contributed by atoms with E-state index in [4.69, 9.17) is 0 Å². The molecule has 1 atom stereocenters. The molecule has 122 valence electrons. The van der Waals surface area contributed by atoms with E-state index in [1.54, 1.807) is 0 Å². The summed E-state index contributed by atoms with van der Waals surface area (Å²) in [5.74, 6) is 2.34. The summed E-state index contributed by atoms with van der Waals surface area (Å²) in [4.78, 5) is 17.2. The molecule has 1 aliphatic heterocycles. The van der Waals surface area contributed by atoms with E-state index in [0.29, 0.717) is 6.54 Å². The number of carbonyl (C=O) groups is 1. The van der Waals surface area contributed by atoms with Crippen molar-refractivity contribution < 1.29 is 4.79 Å². The summed E-state index contributed by atoms with van der Waals surface area (Å²) in [5.41, 5.74) is 1.09. The molecule has 22 heavy (non-hydrogen) atoms. The van der Waals surface area contributed by atoms with Crippen molar-refractivity contribution >= 4 is 17.7 Å². The number of likely N-dealkylation sites (N-methyl/N-ethyl adjacent to an activating group) is 1. The van der Waals surface area contributed by atoms with Crippen LogP contribution in [0.3, 0.4) is 0 Å². The molecule has 0 spiro atoms. The highest BCUT2D eigenvalue weighted by Crippen LogP contribution is 2.24. The molecule has 0 radical (unpaired) electrons. The Bertz CT molecular complexity index is 448. The van der Waals surface area contributed by atoms with Crippen LogP contribution in [0.25, 0.3) is 0 Å². The molecule has 1 unspecified atom stereocenters. The van der Waals surface area contributed by atoms with E-state index in [0.717, 1.165) is 43.2 Å². The molecule has 1 fully saturated rings. The second-order valence-corrected chi connectivity index (χ2v) is 6.87. The van der Waals surface area contributed by atoms with Crippen LogP contribution in [-0.4, -0.2) is 67.0 Å². The molecule has 1 N–H and O–H groups in total. The van der Waals surface area contributed by atoms with Gasteiger partial charge in [-0.25, -0.2) is 0 Å². The summed E-state index contributed by atoms with van der Waals surface area (Å²) >= 11 is 1.97. The first-order valence-corrected chi connectivity index (χ1v) is 9.21. The number of thioether (sulfide) groups is 1. The van der Waals surface area contributed by atoms with E-state index in [2.05, 4.69) is 41.2 Å². The largest absolute Gasteiger partial charge is 0.353 e. The van der Waals surface area contributed by atoms with E-state index < -0.39 is 0 Å².